The van der Waals surface area contributed by atoms with E-state index < -0.39 is 42.7 Å². The van der Waals surface area contributed by atoms with E-state index in [0.717, 1.165) is 18.7 Å². The van der Waals surface area contributed by atoms with Crippen molar-refractivity contribution in [2.24, 2.45) is 0 Å². The molecule has 1 fully saturated rings. The monoisotopic (exact) mass is 418 g/mol. The Hall–Kier alpha value is -2.60. The molecular weight excluding hydrogens is 394 g/mol. The van der Waals surface area contributed by atoms with Gasteiger partial charge in [0.25, 0.3) is 0 Å². The summed E-state index contributed by atoms with van der Waals surface area (Å²) in [6.07, 6.45) is -3.27. The SMILES string of the molecule is CC(=O)CCCCCNC(=O)OC[C@H]1O[C@@H](n2ccc(N)nc2=O)C(F)(F)[C@H]1O. The Morgan fingerprint density at radius 2 is 2.14 bits per heavy atom. The predicted octanol–water partition coefficient (Wildman–Crippen LogP) is 0.595. The number of nitrogens with zero attached hydrogens (tertiary/aromatic N) is 2. The van der Waals surface area contributed by atoms with E-state index in [1.54, 1.807) is 0 Å². The van der Waals surface area contributed by atoms with Gasteiger partial charge in [-0.25, -0.2) is 9.59 Å². The minimum Gasteiger partial charge on any atom is -0.447 e. The fraction of sp³-hybridized carbons (Fsp3) is 0.647. The van der Waals surface area contributed by atoms with Crippen LogP contribution in [0.25, 0.3) is 0 Å². The molecule has 1 aliphatic heterocycles. The number of aliphatic hydroxyl groups excluding tert-OH is 1. The fourth-order valence-corrected chi connectivity index (χ4v) is 2.79. The highest BCUT2D eigenvalue weighted by molar-refractivity contribution is 5.75. The van der Waals surface area contributed by atoms with Gasteiger partial charge in [0.15, 0.2) is 6.10 Å². The minimum absolute atomic E-state index is 0.0969. The van der Waals surface area contributed by atoms with Crippen molar-refractivity contribution in [2.45, 2.75) is 57.0 Å². The van der Waals surface area contributed by atoms with Crippen molar-refractivity contribution >= 4 is 17.7 Å². The summed E-state index contributed by atoms with van der Waals surface area (Å²) in [5, 5.41) is 12.3. The largest absolute Gasteiger partial charge is 0.447 e. The maximum Gasteiger partial charge on any atom is 0.407 e. The number of nitrogens with one attached hydrogen (secondary N) is 1. The minimum atomic E-state index is -3.82. The van der Waals surface area contributed by atoms with E-state index in [9.17, 15) is 28.3 Å². The number of halogens is 2. The van der Waals surface area contributed by atoms with Gasteiger partial charge in [-0.2, -0.15) is 13.8 Å². The molecule has 0 aromatic carbocycles. The van der Waals surface area contributed by atoms with Crippen LogP contribution in [0.1, 0.15) is 38.8 Å². The molecule has 0 saturated carbocycles. The molecule has 0 unspecified atom stereocenters. The van der Waals surface area contributed by atoms with Crippen LogP contribution in [0, 0.1) is 0 Å². The van der Waals surface area contributed by atoms with Gasteiger partial charge < -0.3 is 30.4 Å². The number of anilines is 1. The van der Waals surface area contributed by atoms with Crippen molar-refractivity contribution < 1.29 is 33.0 Å². The number of nitrogens with two attached hydrogens (primary N) is 1. The summed E-state index contributed by atoms with van der Waals surface area (Å²) in [6.45, 7) is 1.15. The van der Waals surface area contributed by atoms with E-state index in [-0.39, 0.29) is 18.1 Å². The van der Waals surface area contributed by atoms with Crippen LogP contribution < -0.4 is 16.7 Å². The van der Waals surface area contributed by atoms with Crippen molar-refractivity contribution in [1.29, 1.82) is 0 Å². The number of alkyl carbamates (subject to hydrolysis) is 1. The molecule has 1 aromatic heterocycles. The number of alkyl halides is 2. The molecule has 1 saturated heterocycles. The molecule has 1 aromatic rings. The zero-order chi connectivity index (χ0) is 21.6. The van der Waals surface area contributed by atoms with Crippen molar-refractivity contribution in [3.8, 4) is 0 Å². The standard InChI is InChI=1S/C17H24F2N4O6/c1-10(24)5-3-2-4-7-21-16(27)28-9-11-13(25)17(18,19)14(29-11)23-8-6-12(20)22-15(23)26/h6,8,11,13-14,25H,2-5,7,9H2,1H3,(H,21,27)(H2,20,22,26)/t11-,13+,14-/m1/s1. The Bertz CT molecular complexity index is 787. The smallest absolute Gasteiger partial charge is 0.407 e. The van der Waals surface area contributed by atoms with Crippen molar-refractivity contribution in [3.05, 3.63) is 22.7 Å². The van der Waals surface area contributed by atoms with Gasteiger partial charge in [-0.15, -0.1) is 0 Å². The Balaban J connectivity index is 1.83. The van der Waals surface area contributed by atoms with Gasteiger partial charge in [0.2, 0.25) is 6.23 Å². The summed E-state index contributed by atoms with van der Waals surface area (Å²) in [5.74, 6) is -3.87. The molecule has 10 nitrogen and oxygen atoms in total. The molecule has 0 radical (unpaired) electrons. The summed E-state index contributed by atoms with van der Waals surface area (Å²) in [5.41, 5.74) is 4.26. The van der Waals surface area contributed by atoms with Crippen molar-refractivity contribution in [2.75, 3.05) is 18.9 Å². The number of carbonyl (C=O) groups is 2. The summed E-state index contributed by atoms with van der Waals surface area (Å²) in [7, 11) is 0. The van der Waals surface area contributed by atoms with Gasteiger partial charge in [-0.1, -0.05) is 6.42 Å². The first kappa shape index (κ1) is 22.7. The van der Waals surface area contributed by atoms with E-state index in [1.165, 1.54) is 6.92 Å². The molecule has 162 valence electrons. The summed E-state index contributed by atoms with van der Waals surface area (Å²) < 4.78 is 39.1. The number of hydrogen-bond acceptors (Lipinski definition) is 8. The van der Waals surface area contributed by atoms with E-state index in [0.29, 0.717) is 23.8 Å². The lowest BCUT2D eigenvalue weighted by atomic mass is 10.1. The first-order chi connectivity index (χ1) is 13.6. The van der Waals surface area contributed by atoms with Crippen LogP contribution in [0.5, 0.6) is 0 Å². The fourth-order valence-electron chi connectivity index (χ4n) is 2.79. The van der Waals surface area contributed by atoms with Gasteiger partial charge in [-0.05, 0) is 25.8 Å². The van der Waals surface area contributed by atoms with Crippen molar-refractivity contribution in [1.82, 2.24) is 14.9 Å². The van der Waals surface area contributed by atoms with Crippen LogP contribution in [0.2, 0.25) is 0 Å². The molecular formula is C17H24F2N4O6. The first-order valence-electron chi connectivity index (χ1n) is 9.09. The number of rotatable bonds is 9. The van der Waals surface area contributed by atoms with Crippen LogP contribution in [0.15, 0.2) is 17.1 Å². The second-order valence-corrected chi connectivity index (χ2v) is 6.73. The van der Waals surface area contributed by atoms with Crippen LogP contribution in [0.4, 0.5) is 19.4 Å². The Labute approximate surface area is 165 Å². The maximum atomic E-state index is 14.3. The summed E-state index contributed by atoms with van der Waals surface area (Å²) >= 11 is 0. The molecule has 2 rings (SSSR count). The molecule has 0 spiro atoms. The lowest BCUT2D eigenvalue weighted by molar-refractivity contribution is -0.140. The second kappa shape index (κ2) is 9.74. The first-order valence-corrected chi connectivity index (χ1v) is 9.09. The van der Waals surface area contributed by atoms with Crippen LogP contribution in [-0.4, -0.2) is 57.8 Å². The van der Waals surface area contributed by atoms with Gasteiger partial charge in [-0.3, -0.25) is 4.57 Å². The lowest BCUT2D eigenvalue weighted by Gasteiger charge is -2.20. The average Bonchev–Trinajstić information content (AvgIpc) is 2.86. The number of ether oxygens (including phenoxy) is 2. The van der Waals surface area contributed by atoms with E-state index in [4.69, 9.17) is 15.2 Å². The normalized spacial score (nSPS) is 23.0. The molecule has 0 bridgehead atoms. The van der Waals surface area contributed by atoms with Gasteiger partial charge in [0.1, 0.15) is 24.3 Å². The zero-order valence-electron chi connectivity index (χ0n) is 15.8. The van der Waals surface area contributed by atoms with Gasteiger partial charge >= 0.3 is 17.7 Å². The molecule has 12 heteroatoms. The molecule has 29 heavy (non-hydrogen) atoms. The Kier molecular flexibility index (Phi) is 7.62. The summed E-state index contributed by atoms with van der Waals surface area (Å²) in [4.78, 5) is 37.6. The highest BCUT2D eigenvalue weighted by atomic mass is 19.3. The number of amides is 1. The second-order valence-electron chi connectivity index (χ2n) is 6.73. The number of carbonyl (C=O) groups excluding carboxylic acids is 2. The number of ketones is 1. The number of hydrogen-bond donors (Lipinski definition) is 3. The molecule has 4 N–H and O–H groups in total. The maximum absolute atomic E-state index is 14.3. The highest BCUT2D eigenvalue weighted by Gasteiger charge is 2.60. The zero-order valence-corrected chi connectivity index (χ0v) is 15.8. The number of Topliss-reactive ketones (excluding diaryl/α,β-unsaturated/α-hetero) is 1. The third-order valence-electron chi connectivity index (χ3n) is 4.34. The predicted molar refractivity (Wildman–Crippen MR) is 96.3 cm³/mol. The van der Waals surface area contributed by atoms with E-state index in [2.05, 4.69) is 10.3 Å². The Morgan fingerprint density at radius 1 is 1.41 bits per heavy atom. The van der Waals surface area contributed by atoms with Crippen LogP contribution >= 0.6 is 0 Å². The topological polar surface area (TPSA) is 146 Å². The van der Waals surface area contributed by atoms with Crippen molar-refractivity contribution in [3.63, 3.8) is 0 Å². The van der Waals surface area contributed by atoms with Gasteiger partial charge in [0.05, 0.1) is 0 Å². The molecule has 1 aliphatic rings. The summed E-state index contributed by atoms with van der Waals surface area (Å²) in [6, 6.07) is 1.14. The molecule has 0 aliphatic carbocycles. The molecule has 3 atom stereocenters. The van der Waals surface area contributed by atoms with Gasteiger partial charge in [0, 0.05) is 19.2 Å². The molecule has 1 amide bonds. The quantitative estimate of drug-likeness (QED) is 0.494. The van der Waals surface area contributed by atoms with Crippen LogP contribution in [0.3, 0.4) is 0 Å². The lowest BCUT2D eigenvalue weighted by Crippen LogP contribution is -2.42. The number of nitrogen functional groups attached to an aromatic ring is 1. The number of unbranched alkanes of at least 4 members (excludes halogenated alkanes) is 2. The third kappa shape index (κ3) is 5.94. The number of aromatic nitrogens is 2. The van der Waals surface area contributed by atoms with E-state index >= 15 is 0 Å². The average molecular weight is 418 g/mol. The molecule has 2 heterocycles. The third-order valence-corrected chi connectivity index (χ3v) is 4.34. The number of aliphatic hydroxyl groups is 1. The van der Waals surface area contributed by atoms with E-state index in [1.807, 2.05) is 0 Å². The van der Waals surface area contributed by atoms with Crippen LogP contribution in [-0.2, 0) is 14.3 Å². The highest BCUT2D eigenvalue weighted by Crippen LogP contribution is 2.42. The Morgan fingerprint density at radius 3 is 2.79 bits per heavy atom.